The van der Waals surface area contributed by atoms with Gasteiger partial charge < -0.3 is 14.7 Å². The summed E-state index contributed by atoms with van der Waals surface area (Å²) in [5, 5.41) is 10.3. The number of aryl methyl sites for hydroxylation is 1. The molecule has 1 aromatic heterocycles. The van der Waals surface area contributed by atoms with Gasteiger partial charge in [-0.1, -0.05) is 27.4 Å². The predicted octanol–water partition coefficient (Wildman–Crippen LogP) is 4.08. The van der Waals surface area contributed by atoms with Gasteiger partial charge in [-0.3, -0.25) is 0 Å². The van der Waals surface area contributed by atoms with E-state index < -0.39 is 5.60 Å². The Morgan fingerprint density at radius 2 is 2.17 bits per heavy atom. The van der Waals surface area contributed by atoms with Crippen LogP contribution in [0.25, 0.3) is 0 Å². The van der Waals surface area contributed by atoms with Crippen LogP contribution in [0, 0.1) is 5.92 Å². The Bertz CT molecular complexity index is 606. The summed E-state index contributed by atoms with van der Waals surface area (Å²) in [6.07, 6.45) is 7.21. The highest BCUT2D eigenvalue weighted by Gasteiger charge is 2.45. The van der Waals surface area contributed by atoms with Crippen molar-refractivity contribution >= 4 is 5.82 Å². The van der Waals surface area contributed by atoms with Gasteiger partial charge in [0.15, 0.2) is 0 Å². The van der Waals surface area contributed by atoms with E-state index in [1.807, 2.05) is 13.1 Å². The molecule has 0 spiro atoms. The standard InChI is InChI=1S/C20H30N2O2/c1-5-20(23)11-17(12-20)22-15(4)6-7-16-10-18(13-21-19(16)22)24-9-8-14(2)3/h10,13-14,17,23H,4-9,11-12H2,1-3H3. The van der Waals surface area contributed by atoms with Crippen molar-refractivity contribution < 1.29 is 9.84 Å². The molecule has 2 aliphatic rings. The van der Waals surface area contributed by atoms with E-state index in [-0.39, 0.29) is 0 Å². The minimum atomic E-state index is -0.498. The van der Waals surface area contributed by atoms with Gasteiger partial charge in [0.2, 0.25) is 0 Å². The molecule has 1 aromatic rings. The van der Waals surface area contributed by atoms with E-state index >= 15 is 0 Å². The number of fused-ring (bicyclic) bond motifs is 1. The SMILES string of the molecule is C=C1CCc2cc(OCCC(C)C)cnc2N1C1CC(O)(CC)C1. The van der Waals surface area contributed by atoms with Crippen LogP contribution in [-0.2, 0) is 6.42 Å². The number of aromatic nitrogens is 1. The number of hydrogen-bond donors (Lipinski definition) is 1. The normalized spacial score (nSPS) is 26.3. The van der Waals surface area contributed by atoms with Crippen LogP contribution >= 0.6 is 0 Å². The first-order valence-electron chi connectivity index (χ1n) is 9.23. The molecule has 0 unspecified atom stereocenters. The van der Waals surface area contributed by atoms with Crippen molar-refractivity contribution in [2.45, 2.75) is 70.9 Å². The molecule has 0 bridgehead atoms. The maximum Gasteiger partial charge on any atom is 0.138 e. The van der Waals surface area contributed by atoms with E-state index in [1.165, 1.54) is 5.56 Å². The minimum Gasteiger partial charge on any atom is -0.492 e. The van der Waals surface area contributed by atoms with Crippen molar-refractivity contribution in [3.8, 4) is 5.75 Å². The molecule has 2 heterocycles. The molecule has 1 aliphatic carbocycles. The van der Waals surface area contributed by atoms with Crippen LogP contribution in [0.15, 0.2) is 24.5 Å². The van der Waals surface area contributed by atoms with Crippen LogP contribution in [0.5, 0.6) is 5.75 Å². The van der Waals surface area contributed by atoms with Crippen molar-refractivity contribution in [1.29, 1.82) is 0 Å². The van der Waals surface area contributed by atoms with E-state index in [0.717, 1.165) is 62.4 Å². The molecule has 1 saturated carbocycles. The summed E-state index contributed by atoms with van der Waals surface area (Å²) in [5.74, 6) is 2.51. The Kier molecular flexibility index (Phi) is 4.86. The van der Waals surface area contributed by atoms with Crippen LogP contribution in [0.2, 0.25) is 0 Å². The Labute approximate surface area is 145 Å². The molecule has 132 valence electrons. The van der Waals surface area contributed by atoms with Gasteiger partial charge in [0.1, 0.15) is 11.6 Å². The molecule has 0 atom stereocenters. The molecule has 4 heteroatoms. The number of hydrogen-bond acceptors (Lipinski definition) is 4. The first kappa shape index (κ1) is 17.3. The summed E-state index contributed by atoms with van der Waals surface area (Å²) in [5.41, 5.74) is 1.85. The maximum atomic E-state index is 10.3. The smallest absolute Gasteiger partial charge is 0.138 e. The Balaban J connectivity index is 1.72. The molecule has 1 aliphatic heterocycles. The number of ether oxygens (including phenoxy) is 1. The van der Waals surface area contributed by atoms with Crippen LogP contribution < -0.4 is 9.64 Å². The lowest BCUT2D eigenvalue weighted by Gasteiger charge is -2.50. The second kappa shape index (κ2) is 6.75. The van der Waals surface area contributed by atoms with Crippen LogP contribution in [0.1, 0.15) is 58.4 Å². The van der Waals surface area contributed by atoms with E-state index in [2.05, 4.69) is 36.4 Å². The van der Waals surface area contributed by atoms with Crippen molar-refractivity contribution in [2.24, 2.45) is 5.92 Å². The summed E-state index contributed by atoms with van der Waals surface area (Å²) in [4.78, 5) is 6.93. The summed E-state index contributed by atoms with van der Waals surface area (Å²) < 4.78 is 5.85. The van der Waals surface area contributed by atoms with Crippen LogP contribution in [-0.4, -0.2) is 28.3 Å². The molecule has 0 radical (unpaired) electrons. The fourth-order valence-corrected chi connectivity index (χ4v) is 3.64. The average molecular weight is 330 g/mol. The summed E-state index contributed by atoms with van der Waals surface area (Å²) >= 11 is 0. The first-order valence-corrected chi connectivity index (χ1v) is 9.23. The lowest BCUT2D eigenvalue weighted by atomic mass is 9.72. The zero-order chi connectivity index (χ0) is 17.3. The van der Waals surface area contributed by atoms with Crippen molar-refractivity contribution in [2.75, 3.05) is 11.5 Å². The molecule has 0 saturated heterocycles. The summed E-state index contributed by atoms with van der Waals surface area (Å²) in [7, 11) is 0. The Hall–Kier alpha value is -1.55. The monoisotopic (exact) mass is 330 g/mol. The van der Waals surface area contributed by atoms with Gasteiger partial charge in [0, 0.05) is 11.7 Å². The first-order chi connectivity index (χ1) is 11.4. The average Bonchev–Trinajstić information content (AvgIpc) is 2.52. The molecule has 3 rings (SSSR count). The van der Waals surface area contributed by atoms with Gasteiger partial charge in [-0.15, -0.1) is 0 Å². The van der Waals surface area contributed by atoms with Crippen LogP contribution in [0.3, 0.4) is 0 Å². The van der Waals surface area contributed by atoms with Crippen molar-refractivity contribution in [3.63, 3.8) is 0 Å². The summed E-state index contributed by atoms with van der Waals surface area (Å²) in [6, 6.07) is 2.45. The third-order valence-corrected chi connectivity index (χ3v) is 5.39. The Morgan fingerprint density at radius 3 is 2.83 bits per heavy atom. The minimum absolute atomic E-state index is 0.321. The topological polar surface area (TPSA) is 45.6 Å². The summed E-state index contributed by atoms with van der Waals surface area (Å²) in [6.45, 7) is 11.4. The quantitative estimate of drug-likeness (QED) is 0.854. The maximum absolute atomic E-state index is 10.3. The number of pyridine rings is 1. The van der Waals surface area contributed by atoms with Gasteiger partial charge in [-0.2, -0.15) is 0 Å². The number of aliphatic hydroxyl groups is 1. The highest BCUT2D eigenvalue weighted by Crippen LogP contribution is 2.44. The van der Waals surface area contributed by atoms with E-state index in [0.29, 0.717) is 12.0 Å². The zero-order valence-corrected chi connectivity index (χ0v) is 15.2. The predicted molar refractivity (Wildman–Crippen MR) is 97.4 cm³/mol. The second-order valence-corrected chi connectivity index (χ2v) is 7.76. The molecule has 0 amide bonds. The van der Waals surface area contributed by atoms with Gasteiger partial charge in [-0.05, 0) is 56.1 Å². The molecular weight excluding hydrogens is 300 g/mol. The lowest BCUT2D eigenvalue weighted by molar-refractivity contribution is -0.0500. The highest BCUT2D eigenvalue weighted by molar-refractivity contribution is 5.58. The van der Waals surface area contributed by atoms with E-state index in [4.69, 9.17) is 4.74 Å². The number of nitrogens with zero attached hydrogens (tertiary/aromatic N) is 2. The van der Waals surface area contributed by atoms with E-state index in [1.54, 1.807) is 0 Å². The highest BCUT2D eigenvalue weighted by atomic mass is 16.5. The van der Waals surface area contributed by atoms with Gasteiger partial charge in [0.05, 0.1) is 18.4 Å². The third-order valence-electron chi connectivity index (χ3n) is 5.39. The lowest BCUT2D eigenvalue weighted by Crippen LogP contribution is -2.55. The molecule has 1 fully saturated rings. The Morgan fingerprint density at radius 1 is 1.42 bits per heavy atom. The van der Waals surface area contributed by atoms with Crippen molar-refractivity contribution in [3.05, 3.63) is 30.1 Å². The van der Waals surface area contributed by atoms with Gasteiger partial charge in [-0.25, -0.2) is 4.98 Å². The molecular formula is C20H30N2O2. The third kappa shape index (κ3) is 3.44. The number of rotatable bonds is 6. The fraction of sp³-hybridized carbons (Fsp3) is 0.650. The second-order valence-electron chi connectivity index (χ2n) is 7.76. The largest absolute Gasteiger partial charge is 0.492 e. The molecule has 1 N–H and O–H groups in total. The molecule has 0 aromatic carbocycles. The number of allylic oxidation sites excluding steroid dienone is 1. The van der Waals surface area contributed by atoms with Crippen molar-refractivity contribution in [1.82, 2.24) is 4.98 Å². The van der Waals surface area contributed by atoms with Crippen LogP contribution in [0.4, 0.5) is 5.82 Å². The molecule has 4 nitrogen and oxygen atoms in total. The number of anilines is 1. The van der Waals surface area contributed by atoms with Gasteiger partial charge >= 0.3 is 0 Å². The zero-order valence-electron chi connectivity index (χ0n) is 15.2. The van der Waals surface area contributed by atoms with E-state index in [9.17, 15) is 5.11 Å². The fourth-order valence-electron chi connectivity index (χ4n) is 3.64. The van der Waals surface area contributed by atoms with Gasteiger partial charge in [0.25, 0.3) is 0 Å². The molecule has 24 heavy (non-hydrogen) atoms.